The van der Waals surface area contributed by atoms with Crippen LogP contribution in [-0.2, 0) is 9.59 Å². The summed E-state index contributed by atoms with van der Waals surface area (Å²) < 4.78 is 37.4. The van der Waals surface area contributed by atoms with Crippen molar-refractivity contribution in [3.63, 3.8) is 0 Å². The molecule has 0 unspecified atom stereocenters. The molecule has 0 radical (unpaired) electrons. The van der Waals surface area contributed by atoms with Gasteiger partial charge in [-0.2, -0.15) is 13.2 Å². The quantitative estimate of drug-likeness (QED) is 0.740. The van der Waals surface area contributed by atoms with E-state index < -0.39 is 24.2 Å². The van der Waals surface area contributed by atoms with Gasteiger partial charge in [0.15, 0.2) is 0 Å². The third kappa shape index (κ3) is 3.85. The first kappa shape index (κ1) is 17.4. The fraction of sp³-hybridized carbons (Fsp3) is 0.769. The van der Waals surface area contributed by atoms with Crippen LogP contribution in [0.3, 0.4) is 0 Å². The van der Waals surface area contributed by atoms with Crippen molar-refractivity contribution in [1.82, 2.24) is 14.7 Å². The highest BCUT2D eigenvalue weighted by Crippen LogP contribution is 2.22. The second kappa shape index (κ2) is 6.63. The molecule has 2 rings (SSSR count). The van der Waals surface area contributed by atoms with E-state index >= 15 is 0 Å². The highest BCUT2D eigenvalue weighted by molar-refractivity contribution is 5.87. The normalized spacial score (nSPS) is 22.9. The molecule has 2 fully saturated rings. The van der Waals surface area contributed by atoms with Crippen LogP contribution >= 0.6 is 0 Å². The Hall–Kier alpha value is -2.00. The van der Waals surface area contributed by atoms with E-state index in [4.69, 9.17) is 5.73 Å². The molecule has 0 aromatic carbocycles. The molecular formula is C13H19F3N4O3. The molecule has 0 aliphatic carbocycles. The molecule has 0 saturated carbocycles. The highest BCUT2D eigenvalue weighted by atomic mass is 19.4. The van der Waals surface area contributed by atoms with Gasteiger partial charge >= 0.3 is 18.1 Å². The molecule has 0 aromatic heterocycles. The van der Waals surface area contributed by atoms with E-state index in [9.17, 15) is 27.6 Å². The van der Waals surface area contributed by atoms with Crippen LogP contribution in [-0.4, -0.2) is 77.5 Å². The Morgan fingerprint density at radius 1 is 0.913 bits per heavy atom. The van der Waals surface area contributed by atoms with Crippen molar-refractivity contribution in [2.45, 2.75) is 31.5 Å². The molecular weight excluding hydrogens is 317 g/mol. The number of nitrogens with two attached hydrogens (primary N) is 1. The van der Waals surface area contributed by atoms with Crippen molar-refractivity contribution in [2.24, 2.45) is 5.73 Å². The number of alkyl halides is 3. The van der Waals surface area contributed by atoms with Crippen molar-refractivity contribution in [1.29, 1.82) is 0 Å². The minimum absolute atomic E-state index is 0.0176. The summed E-state index contributed by atoms with van der Waals surface area (Å²) >= 11 is 0. The average molecular weight is 336 g/mol. The third-order valence-electron chi connectivity index (χ3n) is 4.16. The number of likely N-dealkylation sites (tertiary alicyclic amines) is 1. The van der Waals surface area contributed by atoms with Crippen LogP contribution in [0.2, 0.25) is 0 Å². The lowest BCUT2D eigenvalue weighted by Gasteiger charge is -2.28. The zero-order valence-electron chi connectivity index (χ0n) is 12.5. The SMILES string of the molecule is NC(=O)N1CCC[C@H]1C(=O)N1CCCN(C(=O)C(F)(F)F)CC1. The van der Waals surface area contributed by atoms with Gasteiger partial charge in [-0.1, -0.05) is 0 Å². The van der Waals surface area contributed by atoms with Gasteiger partial charge in [0.25, 0.3) is 0 Å². The number of nitrogens with zero attached hydrogens (tertiary/aromatic N) is 3. The van der Waals surface area contributed by atoms with Gasteiger partial charge in [0.2, 0.25) is 5.91 Å². The van der Waals surface area contributed by atoms with Crippen molar-refractivity contribution >= 4 is 17.8 Å². The molecule has 2 aliphatic heterocycles. The van der Waals surface area contributed by atoms with Crippen LogP contribution in [0.15, 0.2) is 0 Å². The molecule has 2 heterocycles. The van der Waals surface area contributed by atoms with E-state index in [1.807, 2.05) is 0 Å². The van der Waals surface area contributed by atoms with E-state index in [-0.39, 0.29) is 38.5 Å². The van der Waals surface area contributed by atoms with Crippen LogP contribution in [0.5, 0.6) is 0 Å². The van der Waals surface area contributed by atoms with Crippen LogP contribution in [0.25, 0.3) is 0 Å². The smallest absolute Gasteiger partial charge is 0.351 e. The van der Waals surface area contributed by atoms with Gasteiger partial charge in [-0.25, -0.2) is 4.79 Å². The molecule has 0 bridgehead atoms. The summed E-state index contributed by atoms with van der Waals surface area (Å²) in [7, 11) is 0. The molecule has 0 spiro atoms. The van der Waals surface area contributed by atoms with Crippen molar-refractivity contribution in [2.75, 3.05) is 32.7 Å². The zero-order chi connectivity index (χ0) is 17.2. The second-order valence-corrected chi connectivity index (χ2v) is 5.66. The number of amides is 4. The number of urea groups is 1. The Morgan fingerprint density at radius 3 is 2.13 bits per heavy atom. The molecule has 10 heteroatoms. The first-order chi connectivity index (χ1) is 10.7. The Labute approximate surface area is 131 Å². The van der Waals surface area contributed by atoms with Gasteiger partial charge in [-0.05, 0) is 19.3 Å². The highest BCUT2D eigenvalue weighted by Gasteiger charge is 2.43. The van der Waals surface area contributed by atoms with E-state index in [0.29, 0.717) is 24.3 Å². The summed E-state index contributed by atoms with van der Waals surface area (Å²) in [5, 5.41) is 0. The number of hydrogen-bond acceptors (Lipinski definition) is 3. The molecule has 2 N–H and O–H groups in total. The summed E-state index contributed by atoms with van der Waals surface area (Å²) in [6, 6.07) is -1.33. The fourth-order valence-electron chi connectivity index (χ4n) is 3.02. The van der Waals surface area contributed by atoms with E-state index in [1.54, 1.807) is 0 Å². The fourth-order valence-corrected chi connectivity index (χ4v) is 3.02. The van der Waals surface area contributed by atoms with Crippen LogP contribution < -0.4 is 5.73 Å². The van der Waals surface area contributed by atoms with Gasteiger partial charge in [0, 0.05) is 32.7 Å². The van der Waals surface area contributed by atoms with Gasteiger partial charge < -0.3 is 20.4 Å². The first-order valence-corrected chi connectivity index (χ1v) is 7.43. The number of halogens is 3. The second-order valence-electron chi connectivity index (χ2n) is 5.66. The molecule has 1 atom stereocenters. The zero-order valence-corrected chi connectivity index (χ0v) is 12.5. The number of carbonyl (C=O) groups excluding carboxylic acids is 3. The van der Waals surface area contributed by atoms with Gasteiger partial charge in [-0.3, -0.25) is 9.59 Å². The lowest BCUT2D eigenvalue weighted by atomic mass is 10.2. The maximum Gasteiger partial charge on any atom is 0.471 e. The number of primary amides is 1. The van der Waals surface area contributed by atoms with Crippen molar-refractivity contribution in [3.8, 4) is 0 Å². The summed E-state index contributed by atoms with van der Waals surface area (Å²) in [4.78, 5) is 38.5. The Balaban J connectivity index is 1.99. The molecule has 2 saturated heterocycles. The summed E-state index contributed by atoms with van der Waals surface area (Å²) in [6.45, 7) is 0.450. The van der Waals surface area contributed by atoms with Crippen LogP contribution in [0, 0.1) is 0 Å². The van der Waals surface area contributed by atoms with E-state index in [2.05, 4.69) is 0 Å². The monoisotopic (exact) mass is 336 g/mol. The van der Waals surface area contributed by atoms with E-state index in [0.717, 1.165) is 0 Å². The number of carbonyl (C=O) groups is 3. The van der Waals surface area contributed by atoms with Gasteiger partial charge in [0.05, 0.1) is 0 Å². The average Bonchev–Trinajstić information content (AvgIpc) is 2.83. The van der Waals surface area contributed by atoms with Crippen LogP contribution in [0.1, 0.15) is 19.3 Å². The molecule has 4 amide bonds. The third-order valence-corrected chi connectivity index (χ3v) is 4.16. The maximum atomic E-state index is 12.5. The Morgan fingerprint density at radius 2 is 1.52 bits per heavy atom. The van der Waals surface area contributed by atoms with Gasteiger partial charge in [0.1, 0.15) is 6.04 Å². The topological polar surface area (TPSA) is 86.9 Å². The lowest BCUT2D eigenvalue weighted by Crippen LogP contribution is -2.50. The number of rotatable bonds is 1. The van der Waals surface area contributed by atoms with Crippen molar-refractivity contribution in [3.05, 3.63) is 0 Å². The minimum Gasteiger partial charge on any atom is -0.351 e. The molecule has 7 nitrogen and oxygen atoms in total. The Bertz CT molecular complexity index is 497. The molecule has 0 aromatic rings. The predicted molar refractivity (Wildman–Crippen MR) is 73.1 cm³/mol. The van der Waals surface area contributed by atoms with Gasteiger partial charge in [-0.15, -0.1) is 0 Å². The number of hydrogen-bond donors (Lipinski definition) is 1. The minimum atomic E-state index is -4.91. The summed E-state index contributed by atoms with van der Waals surface area (Å²) in [5.41, 5.74) is 5.23. The lowest BCUT2D eigenvalue weighted by molar-refractivity contribution is -0.185. The van der Waals surface area contributed by atoms with Crippen LogP contribution in [0.4, 0.5) is 18.0 Å². The van der Waals surface area contributed by atoms with Crippen molar-refractivity contribution < 1.29 is 27.6 Å². The predicted octanol–water partition coefficient (Wildman–Crippen LogP) is 0.153. The summed E-state index contributed by atoms with van der Waals surface area (Å²) in [5.74, 6) is -2.20. The standard InChI is InChI=1S/C13H19F3N4O3/c14-13(15,16)11(22)19-5-2-4-18(7-8-19)10(21)9-3-1-6-20(9)12(17)23/h9H,1-8H2,(H2,17,23)/t9-/m0/s1. The molecule has 2 aliphatic rings. The molecule has 130 valence electrons. The largest absolute Gasteiger partial charge is 0.471 e. The maximum absolute atomic E-state index is 12.5. The Kier molecular flexibility index (Phi) is 5.00. The summed E-state index contributed by atoms with van der Waals surface area (Å²) in [6.07, 6.45) is -3.50. The first-order valence-electron chi connectivity index (χ1n) is 7.43. The van der Waals surface area contributed by atoms with E-state index in [1.165, 1.54) is 9.80 Å². The molecule has 23 heavy (non-hydrogen) atoms.